The molecule has 1 aliphatic carbocycles. The van der Waals surface area contributed by atoms with Crippen LogP contribution in [-0.4, -0.2) is 46.8 Å². The minimum absolute atomic E-state index is 0.262. The number of benzene rings is 1. The lowest BCUT2D eigenvalue weighted by Gasteiger charge is -2.34. The number of carbonyl (C=O) groups is 2. The second kappa shape index (κ2) is 6.58. The molecule has 1 fully saturated rings. The molecule has 2 amide bonds. The van der Waals surface area contributed by atoms with Gasteiger partial charge in [-0.05, 0) is 24.3 Å². The Morgan fingerprint density at radius 2 is 1.95 bits per heavy atom. The number of nitrogens with one attached hydrogen (secondary N) is 1. The summed E-state index contributed by atoms with van der Waals surface area (Å²) in [6.45, 7) is 0.518. The Hall–Kier alpha value is -2.08. The maximum atomic E-state index is 12.1. The molecule has 1 aromatic rings. The van der Waals surface area contributed by atoms with Gasteiger partial charge in [-0.1, -0.05) is 30.3 Å². The van der Waals surface area contributed by atoms with Crippen LogP contribution in [0.4, 0.5) is 4.79 Å². The third-order valence-electron chi connectivity index (χ3n) is 3.74. The van der Waals surface area contributed by atoms with Crippen molar-refractivity contribution in [2.24, 2.45) is 5.92 Å². The number of carbonyl (C=O) groups excluding carboxylic acids is 1. The zero-order valence-corrected chi connectivity index (χ0v) is 11.9. The van der Waals surface area contributed by atoms with Crippen LogP contribution >= 0.6 is 0 Å². The highest BCUT2D eigenvalue weighted by atomic mass is 16.4. The van der Waals surface area contributed by atoms with Crippen molar-refractivity contribution in [2.75, 3.05) is 13.6 Å². The van der Waals surface area contributed by atoms with Gasteiger partial charge < -0.3 is 20.4 Å². The number of carboxylic acid groups (broad SMARTS) is 1. The molecule has 6 nitrogen and oxygen atoms in total. The number of carboxylic acids is 1. The Balaban J connectivity index is 1.93. The Morgan fingerprint density at radius 3 is 2.48 bits per heavy atom. The molecular weight excluding hydrogens is 272 g/mol. The summed E-state index contributed by atoms with van der Waals surface area (Å²) >= 11 is 0. The minimum atomic E-state index is -1.10. The lowest BCUT2D eigenvalue weighted by molar-refractivity contribution is -0.139. The Labute approximate surface area is 123 Å². The topological polar surface area (TPSA) is 89.9 Å². The zero-order chi connectivity index (χ0) is 15.4. The van der Waals surface area contributed by atoms with Gasteiger partial charge in [-0.2, -0.15) is 0 Å². The third kappa shape index (κ3) is 3.95. The molecular formula is C15H20N2O4. The first-order valence-corrected chi connectivity index (χ1v) is 6.95. The fourth-order valence-electron chi connectivity index (χ4n) is 2.49. The second-order valence-electron chi connectivity index (χ2n) is 5.50. The van der Waals surface area contributed by atoms with Gasteiger partial charge in [0, 0.05) is 13.6 Å². The van der Waals surface area contributed by atoms with Crippen LogP contribution in [0, 0.1) is 5.92 Å². The number of rotatable bonds is 5. The van der Waals surface area contributed by atoms with E-state index in [2.05, 4.69) is 5.32 Å². The van der Waals surface area contributed by atoms with Crippen LogP contribution in [0.3, 0.4) is 0 Å². The van der Waals surface area contributed by atoms with Crippen molar-refractivity contribution in [3.8, 4) is 0 Å². The molecule has 114 valence electrons. The number of nitrogens with zero attached hydrogens (tertiary/aromatic N) is 1. The van der Waals surface area contributed by atoms with Crippen molar-refractivity contribution in [3.05, 3.63) is 35.9 Å². The van der Waals surface area contributed by atoms with E-state index in [0.717, 1.165) is 0 Å². The monoisotopic (exact) mass is 292 g/mol. The van der Waals surface area contributed by atoms with Crippen LogP contribution in [-0.2, 0) is 4.79 Å². The van der Waals surface area contributed by atoms with Crippen molar-refractivity contribution in [1.82, 2.24) is 10.2 Å². The van der Waals surface area contributed by atoms with E-state index < -0.39 is 18.0 Å². The fraction of sp³-hybridized carbons (Fsp3) is 0.467. The van der Waals surface area contributed by atoms with Crippen LogP contribution in [0.15, 0.2) is 30.3 Å². The van der Waals surface area contributed by atoms with Crippen LogP contribution in [0.5, 0.6) is 0 Å². The summed E-state index contributed by atoms with van der Waals surface area (Å²) in [5, 5.41) is 21.0. The maximum absolute atomic E-state index is 12.1. The maximum Gasteiger partial charge on any atom is 0.330 e. The largest absolute Gasteiger partial charge is 0.479 e. The molecule has 0 bridgehead atoms. The molecule has 0 aromatic heterocycles. The number of amides is 2. The Kier molecular flexibility index (Phi) is 4.80. The summed E-state index contributed by atoms with van der Waals surface area (Å²) in [6.07, 6.45) is 1.12. The second-order valence-corrected chi connectivity index (χ2v) is 5.50. The predicted octanol–water partition coefficient (Wildman–Crippen LogP) is 1.22. The van der Waals surface area contributed by atoms with Crippen LogP contribution in [0.25, 0.3) is 0 Å². The van der Waals surface area contributed by atoms with E-state index >= 15 is 0 Å². The van der Waals surface area contributed by atoms with Gasteiger partial charge in [-0.15, -0.1) is 0 Å². The van der Waals surface area contributed by atoms with E-state index in [4.69, 9.17) is 0 Å². The molecule has 0 spiro atoms. The molecule has 0 heterocycles. The van der Waals surface area contributed by atoms with Gasteiger partial charge in [0.15, 0.2) is 6.04 Å². The summed E-state index contributed by atoms with van der Waals surface area (Å²) < 4.78 is 0. The number of hydrogen-bond donors (Lipinski definition) is 3. The highest BCUT2D eigenvalue weighted by Crippen LogP contribution is 2.27. The van der Waals surface area contributed by atoms with Crippen molar-refractivity contribution in [2.45, 2.75) is 25.0 Å². The van der Waals surface area contributed by atoms with Crippen molar-refractivity contribution >= 4 is 12.0 Å². The standard InChI is InChI=1S/C15H20N2O4/c1-17(9-10-7-12(18)8-10)15(21)16-13(14(19)20)11-5-3-2-4-6-11/h2-6,10,12-13,18H,7-9H2,1H3,(H,16,21)(H,19,20)/t10?,12?,13-/m1/s1. The van der Waals surface area contributed by atoms with Crippen molar-refractivity contribution < 1.29 is 19.8 Å². The lowest BCUT2D eigenvalue weighted by Crippen LogP contribution is -2.46. The zero-order valence-electron chi connectivity index (χ0n) is 11.9. The van der Waals surface area contributed by atoms with E-state index in [-0.39, 0.29) is 12.0 Å². The number of aliphatic hydroxyl groups excluding tert-OH is 1. The summed E-state index contributed by atoms with van der Waals surface area (Å²) in [5.41, 5.74) is 0.533. The van der Waals surface area contributed by atoms with E-state index in [0.29, 0.717) is 24.9 Å². The van der Waals surface area contributed by atoms with E-state index in [9.17, 15) is 19.8 Å². The molecule has 1 aliphatic rings. The molecule has 3 N–H and O–H groups in total. The third-order valence-corrected chi connectivity index (χ3v) is 3.74. The predicted molar refractivity (Wildman–Crippen MR) is 76.7 cm³/mol. The molecule has 1 atom stereocenters. The van der Waals surface area contributed by atoms with E-state index in [1.54, 1.807) is 37.4 Å². The number of hydrogen-bond acceptors (Lipinski definition) is 3. The van der Waals surface area contributed by atoms with Crippen molar-refractivity contribution in [1.29, 1.82) is 0 Å². The SMILES string of the molecule is CN(CC1CC(O)C1)C(=O)N[C@@H](C(=O)O)c1ccccc1. The molecule has 0 radical (unpaired) electrons. The van der Waals surface area contributed by atoms with Gasteiger partial charge >= 0.3 is 12.0 Å². The van der Waals surface area contributed by atoms with Gasteiger partial charge in [0.2, 0.25) is 0 Å². The first-order valence-electron chi connectivity index (χ1n) is 6.95. The molecule has 6 heteroatoms. The Morgan fingerprint density at radius 1 is 1.33 bits per heavy atom. The quantitative estimate of drug-likeness (QED) is 0.761. The molecule has 1 aromatic carbocycles. The first-order chi connectivity index (χ1) is 9.97. The Bertz CT molecular complexity index is 500. The molecule has 0 aliphatic heterocycles. The normalized spacial score (nSPS) is 22.0. The van der Waals surface area contributed by atoms with Crippen LogP contribution in [0.2, 0.25) is 0 Å². The smallest absolute Gasteiger partial charge is 0.330 e. The van der Waals surface area contributed by atoms with E-state index in [1.165, 1.54) is 4.90 Å². The summed E-state index contributed by atoms with van der Waals surface area (Å²) in [5.74, 6) is -0.808. The first kappa shape index (κ1) is 15.3. The molecule has 1 saturated carbocycles. The van der Waals surface area contributed by atoms with Gasteiger partial charge in [-0.3, -0.25) is 0 Å². The lowest BCUT2D eigenvalue weighted by atomic mass is 9.82. The molecule has 0 saturated heterocycles. The molecule has 0 unspecified atom stereocenters. The number of aliphatic hydroxyl groups is 1. The van der Waals surface area contributed by atoms with E-state index in [1.807, 2.05) is 0 Å². The van der Waals surface area contributed by atoms with Gasteiger partial charge in [0.05, 0.1) is 6.10 Å². The summed E-state index contributed by atoms with van der Waals surface area (Å²) in [6, 6.07) is 7.11. The minimum Gasteiger partial charge on any atom is -0.479 e. The summed E-state index contributed by atoms with van der Waals surface area (Å²) in [4.78, 5) is 24.9. The average Bonchev–Trinajstić information content (AvgIpc) is 2.43. The van der Waals surface area contributed by atoms with Gasteiger partial charge in [0.1, 0.15) is 0 Å². The van der Waals surface area contributed by atoms with Gasteiger partial charge in [0.25, 0.3) is 0 Å². The molecule has 21 heavy (non-hydrogen) atoms. The van der Waals surface area contributed by atoms with Crippen molar-refractivity contribution in [3.63, 3.8) is 0 Å². The van der Waals surface area contributed by atoms with Crippen LogP contribution in [0.1, 0.15) is 24.4 Å². The number of urea groups is 1. The molecule has 2 rings (SSSR count). The number of aliphatic carboxylic acids is 1. The average molecular weight is 292 g/mol. The fourth-order valence-corrected chi connectivity index (χ4v) is 2.49. The highest BCUT2D eigenvalue weighted by molar-refractivity contribution is 5.83. The van der Waals surface area contributed by atoms with Crippen LogP contribution < -0.4 is 5.32 Å². The van der Waals surface area contributed by atoms with Gasteiger partial charge in [-0.25, -0.2) is 9.59 Å². The highest BCUT2D eigenvalue weighted by Gasteiger charge is 2.30. The summed E-state index contributed by atoms with van der Waals surface area (Å²) in [7, 11) is 1.63.